The number of hydrogen-bond acceptors (Lipinski definition) is 0. The molecule has 1 heteroatoms. The van der Waals surface area contributed by atoms with E-state index in [0.717, 1.165) is 22.6 Å². The maximum atomic E-state index is 2.76. The van der Waals surface area contributed by atoms with E-state index in [1.54, 1.807) is 6.42 Å². The van der Waals surface area contributed by atoms with E-state index in [9.17, 15) is 0 Å². The molecule has 0 saturated heterocycles. The molecular formula is C17H30B. The summed E-state index contributed by atoms with van der Waals surface area (Å²) in [5, 5.41) is 0.431. The predicted octanol–water partition coefficient (Wildman–Crippen LogP) is 5.32. The van der Waals surface area contributed by atoms with Crippen LogP contribution in [0.3, 0.4) is 0 Å². The highest BCUT2D eigenvalue weighted by Gasteiger charge is 2.85. The fourth-order valence-electron chi connectivity index (χ4n) is 5.90. The Labute approximate surface area is 115 Å². The standard InChI is InChI=1S/C17H30B/c1-7-15(5,6)18-13-12(14(2,3)4)16-9-8-10-17(13,16)11-16/h12-13H,7-11H2,1-6H3. The molecule has 0 amide bonds. The molecule has 0 spiro atoms. The highest BCUT2D eigenvalue weighted by Crippen LogP contribution is 2.94. The molecule has 0 aliphatic heterocycles. The van der Waals surface area contributed by atoms with Crippen molar-refractivity contribution in [2.45, 2.75) is 84.8 Å². The van der Waals surface area contributed by atoms with Crippen molar-refractivity contribution in [3.05, 3.63) is 0 Å². The second-order valence-electron chi connectivity index (χ2n) is 9.22. The maximum absolute atomic E-state index is 2.76. The maximum Gasteiger partial charge on any atom is 0.122 e. The van der Waals surface area contributed by atoms with E-state index in [-0.39, 0.29) is 0 Å². The first-order valence-electron chi connectivity index (χ1n) is 8.05. The summed E-state index contributed by atoms with van der Waals surface area (Å²) in [5.74, 6) is 1.87. The fraction of sp³-hybridized carbons (Fsp3) is 1.00. The molecule has 0 nitrogen and oxygen atoms in total. The minimum atomic E-state index is 0.431. The molecule has 4 atom stereocenters. The van der Waals surface area contributed by atoms with Crippen LogP contribution in [0.25, 0.3) is 0 Å². The van der Waals surface area contributed by atoms with Crippen LogP contribution in [0, 0.1) is 22.2 Å². The highest BCUT2D eigenvalue weighted by atomic mass is 14.9. The normalized spacial score (nSPS) is 46.1. The van der Waals surface area contributed by atoms with E-state index in [2.05, 4.69) is 48.8 Å². The Kier molecular flexibility index (Phi) is 2.46. The third-order valence-electron chi connectivity index (χ3n) is 6.81. The first-order chi connectivity index (χ1) is 8.19. The van der Waals surface area contributed by atoms with Crippen molar-refractivity contribution in [1.29, 1.82) is 0 Å². The third-order valence-corrected chi connectivity index (χ3v) is 6.81. The molecule has 0 aromatic heterocycles. The van der Waals surface area contributed by atoms with Crippen LogP contribution in [0.5, 0.6) is 0 Å². The van der Waals surface area contributed by atoms with Gasteiger partial charge in [0.2, 0.25) is 0 Å². The molecule has 0 heterocycles. The zero-order valence-corrected chi connectivity index (χ0v) is 13.3. The van der Waals surface area contributed by atoms with Gasteiger partial charge in [-0.3, -0.25) is 0 Å². The monoisotopic (exact) mass is 245 g/mol. The Balaban J connectivity index is 1.85. The molecule has 3 saturated carbocycles. The van der Waals surface area contributed by atoms with Crippen molar-refractivity contribution in [3.63, 3.8) is 0 Å². The van der Waals surface area contributed by atoms with Crippen LogP contribution in [-0.4, -0.2) is 7.28 Å². The van der Waals surface area contributed by atoms with Gasteiger partial charge in [-0.15, -0.1) is 0 Å². The van der Waals surface area contributed by atoms with Crippen molar-refractivity contribution < 1.29 is 0 Å². The van der Waals surface area contributed by atoms with Crippen LogP contribution >= 0.6 is 0 Å². The lowest BCUT2D eigenvalue weighted by atomic mass is 9.32. The van der Waals surface area contributed by atoms with E-state index in [4.69, 9.17) is 0 Å². The molecule has 3 rings (SSSR count). The van der Waals surface area contributed by atoms with Gasteiger partial charge in [-0.25, -0.2) is 0 Å². The summed E-state index contributed by atoms with van der Waals surface area (Å²) in [6, 6.07) is 0. The molecule has 101 valence electrons. The lowest BCUT2D eigenvalue weighted by molar-refractivity contribution is 0.00770. The van der Waals surface area contributed by atoms with Crippen LogP contribution in [0.4, 0.5) is 0 Å². The summed E-state index contributed by atoms with van der Waals surface area (Å²) < 4.78 is 0. The fourth-order valence-corrected chi connectivity index (χ4v) is 5.90. The smallest absolute Gasteiger partial charge is 0.0672 e. The molecule has 3 aliphatic carbocycles. The van der Waals surface area contributed by atoms with Gasteiger partial charge in [0.05, 0.1) is 0 Å². The van der Waals surface area contributed by atoms with Gasteiger partial charge in [-0.1, -0.05) is 65.5 Å². The van der Waals surface area contributed by atoms with Gasteiger partial charge >= 0.3 is 0 Å². The Hall–Kier alpha value is 0.0649. The van der Waals surface area contributed by atoms with Crippen molar-refractivity contribution in [3.8, 4) is 0 Å². The molecule has 3 aliphatic rings. The lowest BCUT2D eigenvalue weighted by Crippen LogP contribution is -2.50. The lowest BCUT2D eigenvalue weighted by Gasteiger charge is -2.56. The Morgan fingerprint density at radius 3 is 2.22 bits per heavy atom. The van der Waals surface area contributed by atoms with Gasteiger partial charge in [0.25, 0.3) is 0 Å². The Morgan fingerprint density at radius 1 is 1.06 bits per heavy atom. The zero-order valence-electron chi connectivity index (χ0n) is 13.3. The van der Waals surface area contributed by atoms with Crippen LogP contribution in [0.2, 0.25) is 11.1 Å². The first-order valence-corrected chi connectivity index (χ1v) is 8.05. The molecule has 3 fully saturated rings. The SMILES string of the molecule is CCC(C)(C)[B]C1C(C(C)(C)C)C23CCCC12C3. The van der Waals surface area contributed by atoms with Gasteiger partial charge in [0.15, 0.2) is 0 Å². The minimum Gasteiger partial charge on any atom is -0.0672 e. The van der Waals surface area contributed by atoms with Gasteiger partial charge < -0.3 is 0 Å². The van der Waals surface area contributed by atoms with Gasteiger partial charge in [-0.2, -0.15) is 0 Å². The van der Waals surface area contributed by atoms with E-state index in [1.807, 2.05) is 0 Å². The van der Waals surface area contributed by atoms with E-state index < -0.39 is 0 Å². The molecule has 0 aromatic carbocycles. The summed E-state index contributed by atoms with van der Waals surface area (Å²) >= 11 is 0. The molecular weight excluding hydrogens is 215 g/mol. The number of hydrogen-bond donors (Lipinski definition) is 0. The molecule has 4 unspecified atom stereocenters. The Morgan fingerprint density at radius 2 is 1.67 bits per heavy atom. The highest BCUT2D eigenvalue weighted by molar-refractivity contribution is 6.43. The summed E-state index contributed by atoms with van der Waals surface area (Å²) in [6.07, 6.45) is 7.40. The molecule has 0 bridgehead atoms. The quantitative estimate of drug-likeness (QED) is 0.590. The van der Waals surface area contributed by atoms with Gasteiger partial charge in [0, 0.05) is 0 Å². The minimum absolute atomic E-state index is 0.431. The van der Waals surface area contributed by atoms with Crippen molar-refractivity contribution >= 4 is 7.28 Å². The van der Waals surface area contributed by atoms with E-state index in [0.29, 0.717) is 10.7 Å². The van der Waals surface area contributed by atoms with Crippen LogP contribution in [-0.2, 0) is 0 Å². The van der Waals surface area contributed by atoms with E-state index in [1.165, 1.54) is 25.7 Å². The van der Waals surface area contributed by atoms with Crippen molar-refractivity contribution in [2.75, 3.05) is 0 Å². The molecule has 0 N–H and O–H groups in total. The van der Waals surface area contributed by atoms with Crippen LogP contribution in [0.1, 0.15) is 73.6 Å². The van der Waals surface area contributed by atoms with Gasteiger partial charge in [-0.05, 0) is 41.4 Å². The molecule has 18 heavy (non-hydrogen) atoms. The molecule has 0 aromatic rings. The average molecular weight is 245 g/mol. The summed E-state index contributed by atoms with van der Waals surface area (Å²) in [6.45, 7) is 14.6. The van der Waals surface area contributed by atoms with Crippen LogP contribution in [0.15, 0.2) is 0 Å². The topological polar surface area (TPSA) is 0 Å². The predicted molar refractivity (Wildman–Crippen MR) is 80.1 cm³/mol. The second kappa shape index (κ2) is 3.39. The first kappa shape index (κ1) is 13.1. The summed E-state index contributed by atoms with van der Waals surface area (Å²) in [5.41, 5.74) is 2.06. The second-order valence-corrected chi connectivity index (χ2v) is 9.22. The summed E-state index contributed by atoms with van der Waals surface area (Å²) in [4.78, 5) is 0. The number of rotatable bonds is 3. The van der Waals surface area contributed by atoms with Crippen molar-refractivity contribution in [1.82, 2.24) is 0 Å². The summed E-state index contributed by atoms with van der Waals surface area (Å²) in [7, 11) is 2.76. The van der Waals surface area contributed by atoms with Crippen molar-refractivity contribution in [2.24, 2.45) is 22.2 Å². The van der Waals surface area contributed by atoms with E-state index >= 15 is 0 Å². The van der Waals surface area contributed by atoms with Crippen LogP contribution < -0.4 is 0 Å². The Bertz CT molecular complexity index is 364. The third kappa shape index (κ3) is 1.40. The zero-order chi connectivity index (χ0) is 13.4. The largest absolute Gasteiger partial charge is 0.122 e. The molecule has 1 radical (unpaired) electrons. The average Bonchev–Trinajstić information content (AvgIpc) is 2.66. The van der Waals surface area contributed by atoms with Gasteiger partial charge in [0.1, 0.15) is 7.28 Å².